The summed E-state index contributed by atoms with van der Waals surface area (Å²) in [5.41, 5.74) is -0.0914. The van der Waals surface area contributed by atoms with Gasteiger partial charge in [-0.1, -0.05) is 0 Å². The lowest BCUT2D eigenvalue weighted by molar-refractivity contribution is 0.0691. The van der Waals surface area contributed by atoms with E-state index in [2.05, 4.69) is 10.3 Å². The molecule has 1 aromatic heterocycles. The first-order valence-electron chi connectivity index (χ1n) is 5.62. The third kappa shape index (κ3) is 2.85. The summed E-state index contributed by atoms with van der Waals surface area (Å²) in [6.45, 7) is 0. The van der Waals surface area contributed by atoms with Crippen molar-refractivity contribution in [1.82, 2.24) is 10.3 Å². The molecule has 2 N–H and O–H groups in total. The Hall–Kier alpha value is -1.47. The molecule has 18 heavy (non-hydrogen) atoms. The summed E-state index contributed by atoms with van der Waals surface area (Å²) in [6, 6.07) is 0.0830. The molecule has 0 spiro atoms. The van der Waals surface area contributed by atoms with Gasteiger partial charge >= 0.3 is 5.97 Å². The number of carboxylic acid groups (broad SMARTS) is 1. The predicted molar refractivity (Wildman–Crippen MR) is 65.0 cm³/mol. The van der Waals surface area contributed by atoms with Crippen LogP contribution in [0.2, 0.25) is 0 Å². The average Bonchev–Trinajstić information content (AvgIpc) is 2.97. The third-order valence-electron chi connectivity index (χ3n) is 2.97. The van der Waals surface area contributed by atoms with Crippen molar-refractivity contribution < 1.29 is 19.4 Å². The molecule has 1 saturated carbocycles. The van der Waals surface area contributed by atoms with Gasteiger partial charge in [0, 0.05) is 18.5 Å². The summed E-state index contributed by atoms with van der Waals surface area (Å²) in [6.07, 6.45) is 2.79. The second-order valence-electron chi connectivity index (χ2n) is 4.18. The van der Waals surface area contributed by atoms with Gasteiger partial charge in [0.2, 0.25) is 0 Å². The van der Waals surface area contributed by atoms with E-state index in [0.717, 1.165) is 30.6 Å². The number of carbonyl (C=O) groups excluding carboxylic acids is 1. The van der Waals surface area contributed by atoms with Crippen LogP contribution in [0.25, 0.3) is 0 Å². The van der Waals surface area contributed by atoms with Gasteiger partial charge in [-0.2, -0.15) is 0 Å². The topological polar surface area (TPSA) is 88.5 Å². The first kappa shape index (κ1) is 13.0. The number of carboxylic acids is 1. The molecule has 2 rings (SSSR count). The molecule has 2 atom stereocenters. The van der Waals surface area contributed by atoms with Crippen molar-refractivity contribution in [2.75, 3.05) is 7.11 Å². The number of hydrogen-bond donors (Lipinski definition) is 2. The predicted octanol–water partition coefficient (Wildman–Crippen LogP) is 1.14. The van der Waals surface area contributed by atoms with E-state index in [1.54, 1.807) is 7.11 Å². The fourth-order valence-corrected chi connectivity index (χ4v) is 2.70. The van der Waals surface area contributed by atoms with Gasteiger partial charge in [0.15, 0.2) is 10.7 Å². The maximum atomic E-state index is 11.8. The zero-order chi connectivity index (χ0) is 13.1. The highest BCUT2D eigenvalue weighted by atomic mass is 32.1. The van der Waals surface area contributed by atoms with Crippen LogP contribution in [0, 0.1) is 0 Å². The van der Waals surface area contributed by atoms with Crippen LogP contribution in [0.5, 0.6) is 0 Å². The van der Waals surface area contributed by atoms with Crippen molar-refractivity contribution >= 4 is 23.2 Å². The summed E-state index contributed by atoms with van der Waals surface area (Å²) >= 11 is 1.04. The Kier molecular flexibility index (Phi) is 3.93. The van der Waals surface area contributed by atoms with E-state index in [-0.39, 0.29) is 28.8 Å². The Bertz CT molecular complexity index is 460. The van der Waals surface area contributed by atoms with E-state index in [9.17, 15) is 9.59 Å². The van der Waals surface area contributed by atoms with Crippen molar-refractivity contribution in [3.05, 3.63) is 16.1 Å². The highest BCUT2D eigenvalue weighted by molar-refractivity contribution is 7.11. The maximum absolute atomic E-state index is 11.8. The molecule has 98 valence electrons. The lowest BCUT2D eigenvalue weighted by atomic mass is 10.2. The van der Waals surface area contributed by atoms with Crippen molar-refractivity contribution in [2.45, 2.75) is 31.4 Å². The van der Waals surface area contributed by atoms with E-state index in [4.69, 9.17) is 9.84 Å². The van der Waals surface area contributed by atoms with E-state index >= 15 is 0 Å². The standard InChI is InChI=1S/C11H14N2O4S/c1-17-7-3-2-6(4-7)12-9(14)10-13-8(5-18-10)11(15)16/h5-7H,2-4H2,1H3,(H,12,14)(H,15,16). The number of ether oxygens (including phenoxy) is 1. The van der Waals surface area contributed by atoms with Gasteiger partial charge in [0.05, 0.1) is 6.10 Å². The van der Waals surface area contributed by atoms with Gasteiger partial charge in [-0.25, -0.2) is 9.78 Å². The van der Waals surface area contributed by atoms with E-state index < -0.39 is 5.97 Å². The van der Waals surface area contributed by atoms with Crippen molar-refractivity contribution in [3.63, 3.8) is 0 Å². The lowest BCUT2D eigenvalue weighted by Gasteiger charge is -2.11. The Morgan fingerprint density at radius 2 is 2.33 bits per heavy atom. The van der Waals surface area contributed by atoms with E-state index in [1.165, 1.54) is 5.38 Å². The smallest absolute Gasteiger partial charge is 0.355 e. The summed E-state index contributed by atoms with van der Waals surface area (Å²) in [5, 5.41) is 13.1. The number of aromatic carboxylic acids is 1. The molecule has 1 aliphatic carbocycles. The Morgan fingerprint density at radius 3 is 2.89 bits per heavy atom. The molecule has 0 bridgehead atoms. The molecular formula is C11H14N2O4S. The Labute approximate surface area is 108 Å². The van der Waals surface area contributed by atoms with Gasteiger partial charge in [-0.3, -0.25) is 4.79 Å². The SMILES string of the molecule is COC1CCC(NC(=O)c2nc(C(=O)O)cs2)C1. The zero-order valence-corrected chi connectivity index (χ0v) is 10.7. The molecule has 0 aliphatic heterocycles. The van der Waals surface area contributed by atoms with Crippen molar-refractivity contribution in [2.24, 2.45) is 0 Å². The van der Waals surface area contributed by atoms with Crippen LogP contribution in [-0.4, -0.2) is 41.2 Å². The molecule has 1 fully saturated rings. The van der Waals surface area contributed by atoms with Crippen LogP contribution in [-0.2, 0) is 4.74 Å². The number of nitrogens with one attached hydrogen (secondary N) is 1. The van der Waals surface area contributed by atoms with Crippen LogP contribution < -0.4 is 5.32 Å². The number of amides is 1. The summed E-state index contributed by atoms with van der Waals surface area (Å²) in [7, 11) is 1.66. The second-order valence-corrected chi connectivity index (χ2v) is 5.04. The second kappa shape index (κ2) is 5.45. The molecule has 1 aromatic rings. The number of rotatable bonds is 4. The zero-order valence-electron chi connectivity index (χ0n) is 9.88. The molecule has 1 heterocycles. The number of thiazole rings is 1. The van der Waals surface area contributed by atoms with Gasteiger partial charge in [0.1, 0.15) is 0 Å². The monoisotopic (exact) mass is 270 g/mol. The average molecular weight is 270 g/mol. The maximum Gasteiger partial charge on any atom is 0.355 e. The molecule has 0 radical (unpaired) electrons. The highest BCUT2D eigenvalue weighted by Crippen LogP contribution is 2.22. The van der Waals surface area contributed by atoms with Crippen molar-refractivity contribution in [3.8, 4) is 0 Å². The normalized spacial score (nSPS) is 22.9. The number of methoxy groups -OCH3 is 1. The summed E-state index contributed by atoms with van der Waals surface area (Å²) in [4.78, 5) is 26.3. The summed E-state index contributed by atoms with van der Waals surface area (Å²) < 4.78 is 5.22. The van der Waals surface area contributed by atoms with Gasteiger partial charge < -0.3 is 15.2 Å². The number of hydrogen-bond acceptors (Lipinski definition) is 5. The fourth-order valence-electron chi connectivity index (χ4n) is 2.01. The van der Waals surface area contributed by atoms with Crippen molar-refractivity contribution in [1.29, 1.82) is 0 Å². The number of carbonyl (C=O) groups is 2. The van der Waals surface area contributed by atoms with E-state index in [1.807, 2.05) is 0 Å². The molecule has 0 aromatic carbocycles. The minimum Gasteiger partial charge on any atom is -0.476 e. The van der Waals surface area contributed by atoms with Gasteiger partial charge in [-0.15, -0.1) is 11.3 Å². The molecule has 1 amide bonds. The van der Waals surface area contributed by atoms with Crippen LogP contribution in [0.4, 0.5) is 0 Å². The summed E-state index contributed by atoms with van der Waals surface area (Å²) in [5.74, 6) is -1.43. The highest BCUT2D eigenvalue weighted by Gasteiger charge is 2.26. The first-order valence-corrected chi connectivity index (χ1v) is 6.50. The molecule has 7 heteroatoms. The minimum absolute atomic E-state index is 0.0830. The lowest BCUT2D eigenvalue weighted by Crippen LogP contribution is -2.33. The molecular weight excluding hydrogens is 256 g/mol. The first-order chi connectivity index (χ1) is 8.60. The number of nitrogens with zero attached hydrogens (tertiary/aromatic N) is 1. The van der Waals surface area contributed by atoms with Gasteiger partial charge in [0.25, 0.3) is 5.91 Å². The van der Waals surface area contributed by atoms with E-state index in [0.29, 0.717) is 0 Å². The molecule has 0 saturated heterocycles. The Balaban J connectivity index is 1.93. The molecule has 6 nitrogen and oxygen atoms in total. The van der Waals surface area contributed by atoms with Crippen LogP contribution in [0.3, 0.4) is 0 Å². The van der Waals surface area contributed by atoms with Crippen LogP contribution in [0.15, 0.2) is 5.38 Å². The van der Waals surface area contributed by atoms with Crippen LogP contribution in [0.1, 0.15) is 39.6 Å². The quantitative estimate of drug-likeness (QED) is 0.856. The fraction of sp³-hybridized carbons (Fsp3) is 0.545. The third-order valence-corrected chi connectivity index (χ3v) is 3.81. The number of aromatic nitrogens is 1. The van der Waals surface area contributed by atoms with Crippen LogP contribution >= 0.6 is 11.3 Å². The molecule has 2 unspecified atom stereocenters. The largest absolute Gasteiger partial charge is 0.476 e. The molecule has 1 aliphatic rings. The minimum atomic E-state index is -1.12. The van der Waals surface area contributed by atoms with Gasteiger partial charge in [-0.05, 0) is 19.3 Å². The Morgan fingerprint density at radius 1 is 1.56 bits per heavy atom.